The highest BCUT2D eigenvalue weighted by Gasteiger charge is 2.11. The highest BCUT2D eigenvalue weighted by atomic mass is 32.2. The number of carbonyl (C=O) groups excluding carboxylic acids is 1. The zero-order valence-electron chi connectivity index (χ0n) is 18.6. The van der Waals surface area contributed by atoms with Gasteiger partial charge in [0.15, 0.2) is 11.5 Å². The molecule has 0 bridgehead atoms. The third-order valence-electron chi connectivity index (χ3n) is 4.34. The number of carboxylic acids is 1. The van der Waals surface area contributed by atoms with E-state index in [1.807, 2.05) is 31.2 Å². The number of nitrogens with zero attached hydrogens (tertiary/aromatic N) is 1. The van der Waals surface area contributed by atoms with Gasteiger partial charge >= 0.3 is 5.97 Å². The highest BCUT2D eigenvalue weighted by molar-refractivity contribution is 8.00. The lowest BCUT2D eigenvalue weighted by atomic mass is 10.2. The van der Waals surface area contributed by atoms with Gasteiger partial charge in [-0.1, -0.05) is 0 Å². The number of aromatic carboxylic acids is 1. The van der Waals surface area contributed by atoms with Crippen LogP contribution in [0.2, 0.25) is 0 Å². The Morgan fingerprint density at radius 2 is 1.88 bits per heavy atom. The van der Waals surface area contributed by atoms with E-state index in [1.54, 1.807) is 31.4 Å². The summed E-state index contributed by atoms with van der Waals surface area (Å²) in [5, 5.41) is 12.9. The Morgan fingerprint density at radius 3 is 2.56 bits per heavy atom. The molecule has 0 radical (unpaired) electrons. The van der Waals surface area contributed by atoms with Gasteiger partial charge in [-0.05, 0) is 67.1 Å². The van der Waals surface area contributed by atoms with E-state index in [9.17, 15) is 9.59 Å². The molecule has 1 amide bonds. The van der Waals surface area contributed by atoms with E-state index in [4.69, 9.17) is 23.7 Å². The second-order valence-electron chi connectivity index (χ2n) is 6.76. The number of ether oxygens (including phenoxy) is 3. The van der Waals surface area contributed by atoms with Crippen LogP contribution in [0.5, 0.6) is 17.2 Å². The molecule has 2 N–H and O–H groups in total. The first kappa shape index (κ1) is 24.7. The van der Waals surface area contributed by atoms with Crippen LogP contribution in [-0.4, -0.2) is 42.7 Å². The normalized spacial score (nSPS) is 10.8. The molecule has 34 heavy (non-hydrogen) atoms. The number of carboxylic acid groups (broad SMARTS) is 1. The SMILES string of the molecule is CCOc1cc(C=NNC(=O)CSc2ccc(OC)cc2)ccc1OCc1ccc(C(=O)O)o1. The molecule has 0 aliphatic carbocycles. The van der Waals surface area contributed by atoms with Gasteiger partial charge in [-0.2, -0.15) is 5.10 Å². The summed E-state index contributed by atoms with van der Waals surface area (Å²) in [5.74, 6) is 0.772. The van der Waals surface area contributed by atoms with Gasteiger partial charge < -0.3 is 23.7 Å². The molecular weight excluding hydrogens is 460 g/mol. The number of hydrogen-bond donors (Lipinski definition) is 2. The lowest BCUT2D eigenvalue weighted by Crippen LogP contribution is -2.19. The van der Waals surface area contributed by atoms with Gasteiger partial charge in [0.05, 0.1) is 25.7 Å². The van der Waals surface area contributed by atoms with Crippen molar-refractivity contribution in [1.29, 1.82) is 0 Å². The third-order valence-corrected chi connectivity index (χ3v) is 5.35. The van der Waals surface area contributed by atoms with E-state index >= 15 is 0 Å². The fraction of sp³-hybridized carbons (Fsp3) is 0.208. The predicted octanol–water partition coefficient (Wildman–Crippen LogP) is 4.21. The minimum atomic E-state index is -1.14. The van der Waals surface area contributed by atoms with Gasteiger partial charge in [0.1, 0.15) is 18.1 Å². The molecule has 0 spiro atoms. The molecule has 0 aliphatic rings. The first-order chi connectivity index (χ1) is 16.5. The second kappa shape index (κ2) is 12.4. The molecule has 0 unspecified atom stereocenters. The van der Waals surface area contributed by atoms with Crippen molar-refractivity contribution < 1.29 is 33.3 Å². The summed E-state index contributed by atoms with van der Waals surface area (Å²) in [4.78, 5) is 23.9. The smallest absolute Gasteiger partial charge is 0.371 e. The number of hydrazone groups is 1. The van der Waals surface area contributed by atoms with Gasteiger partial charge in [-0.15, -0.1) is 11.8 Å². The summed E-state index contributed by atoms with van der Waals surface area (Å²) in [5.41, 5.74) is 3.20. The van der Waals surface area contributed by atoms with Crippen molar-refractivity contribution in [1.82, 2.24) is 5.43 Å². The van der Waals surface area contributed by atoms with Crippen LogP contribution >= 0.6 is 11.8 Å². The maximum atomic E-state index is 12.1. The van der Waals surface area contributed by atoms with E-state index in [2.05, 4.69) is 10.5 Å². The molecule has 2 aromatic carbocycles. The summed E-state index contributed by atoms with van der Waals surface area (Å²) in [6, 6.07) is 15.5. The van der Waals surface area contributed by atoms with E-state index in [0.717, 1.165) is 10.6 Å². The number of rotatable bonds is 12. The molecule has 3 rings (SSSR count). The Hall–Kier alpha value is -3.92. The first-order valence-electron chi connectivity index (χ1n) is 10.3. The Morgan fingerprint density at radius 1 is 1.09 bits per heavy atom. The van der Waals surface area contributed by atoms with Crippen molar-refractivity contribution in [2.45, 2.75) is 18.4 Å². The lowest BCUT2D eigenvalue weighted by Gasteiger charge is -2.11. The summed E-state index contributed by atoms with van der Waals surface area (Å²) in [7, 11) is 1.60. The molecule has 0 aliphatic heterocycles. The maximum absolute atomic E-state index is 12.1. The predicted molar refractivity (Wildman–Crippen MR) is 127 cm³/mol. The molecule has 9 nitrogen and oxygen atoms in total. The average molecular weight is 485 g/mol. The van der Waals surface area contributed by atoms with Crippen LogP contribution in [0.15, 0.2) is 69.0 Å². The highest BCUT2D eigenvalue weighted by Crippen LogP contribution is 2.29. The van der Waals surface area contributed by atoms with Gasteiger partial charge in [0, 0.05) is 4.90 Å². The van der Waals surface area contributed by atoms with Crippen molar-refractivity contribution >= 4 is 29.9 Å². The molecule has 0 fully saturated rings. The monoisotopic (exact) mass is 484 g/mol. The minimum absolute atomic E-state index is 0.0444. The fourth-order valence-corrected chi connectivity index (χ4v) is 3.43. The van der Waals surface area contributed by atoms with Crippen molar-refractivity contribution in [3.63, 3.8) is 0 Å². The third kappa shape index (κ3) is 7.31. The molecule has 3 aromatic rings. The van der Waals surface area contributed by atoms with Crippen molar-refractivity contribution in [2.75, 3.05) is 19.5 Å². The largest absolute Gasteiger partial charge is 0.497 e. The van der Waals surface area contributed by atoms with Crippen molar-refractivity contribution in [2.24, 2.45) is 5.10 Å². The second-order valence-corrected chi connectivity index (χ2v) is 7.81. The Balaban J connectivity index is 1.53. The Kier molecular flexibility index (Phi) is 8.98. The lowest BCUT2D eigenvalue weighted by molar-refractivity contribution is -0.118. The number of methoxy groups -OCH3 is 1. The number of thioether (sulfide) groups is 1. The van der Waals surface area contributed by atoms with Crippen molar-refractivity contribution in [3.8, 4) is 17.2 Å². The summed E-state index contributed by atoms with van der Waals surface area (Å²) in [6.45, 7) is 2.31. The van der Waals surface area contributed by atoms with E-state index < -0.39 is 5.97 Å². The molecular formula is C24H24N2O7S. The zero-order valence-corrected chi connectivity index (χ0v) is 19.5. The summed E-state index contributed by atoms with van der Waals surface area (Å²) >= 11 is 1.39. The van der Waals surface area contributed by atoms with Crippen LogP contribution in [0.4, 0.5) is 0 Å². The standard InChI is InChI=1S/C24H24N2O7S/c1-3-31-22-12-16(4-10-20(22)32-14-18-7-11-21(33-18)24(28)29)13-25-26-23(27)15-34-19-8-5-17(30-2)6-9-19/h4-13H,3,14-15H2,1-2H3,(H,26,27)(H,28,29). The number of hydrogen-bond acceptors (Lipinski definition) is 8. The molecule has 0 atom stereocenters. The summed E-state index contributed by atoms with van der Waals surface area (Å²) in [6.07, 6.45) is 1.51. The van der Waals surface area contributed by atoms with Crippen LogP contribution < -0.4 is 19.6 Å². The van der Waals surface area contributed by atoms with Crippen LogP contribution in [-0.2, 0) is 11.4 Å². The van der Waals surface area contributed by atoms with Gasteiger partial charge in [0.2, 0.25) is 11.7 Å². The average Bonchev–Trinajstić information content (AvgIpc) is 3.32. The van der Waals surface area contributed by atoms with E-state index in [1.165, 1.54) is 24.0 Å². The number of furan rings is 1. The van der Waals surface area contributed by atoms with Crippen LogP contribution in [0.25, 0.3) is 0 Å². The van der Waals surface area contributed by atoms with Gasteiger partial charge in [-0.25, -0.2) is 10.2 Å². The molecule has 0 saturated carbocycles. The topological polar surface area (TPSA) is 120 Å². The Bertz CT molecular complexity index is 1140. The molecule has 178 valence electrons. The number of nitrogens with one attached hydrogen (secondary N) is 1. The number of amides is 1. The van der Waals surface area contributed by atoms with Crippen LogP contribution in [0.3, 0.4) is 0 Å². The quantitative estimate of drug-likeness (QED) is 0.223. The molecule has 10 heteroatoms. The zero-order chi connectivity index (χ0) is 24.3. The number of benzene rings is 2. The molecule has 1 aromatic heterocycles. The molecule has 1 heterocycles. The molecule has 0 saturated heterocycles. The summed E-state index contributed by atoms with van der Waals surface area (Å²) < 4.78 is 21.7. The maximum Gasteiger partial charge on any atom is 0.371 e. The van der Waals surface area contributed by atoms with E-state index in [-0.39, 0.29) is 24.0 Å². The number of carbonyl (C=O) groups is 2. The van der Waals surface area contributed by atoms with Gasteiger partial charge in [-0.3, -0.25) is 4.79 Å². The first-order valence-corrected chi connectivity index (χ1v) is 11.3. The van der Waals surface area contributed by atoms with Gasteiger partial charge in [0.25, 0.3) is 0 Å². The van der Waals surface area contributed by atoms with Crippen molar-refractivity contribution in [3.05, 3.63) is 71.7 Å². The fourth-order valence-electron chi connectivity index (χ4n) is 2.74. The minimum Gasteiger partial charge on any atom is -0.497 e. The van der Waals surface area contributed by atoms with Crippen LogP contribution in [0.1, 0.15) is 28.8 Å². The van der Waals surface area contributed by atoms with E-state index in [0.29, 0.717) is 29.4 Å². The van der Waals surface area contributed by atoms with Crippen LogP contribution in [0, 0.1) is 0 Å². The Labute approximate surface area is 200 Å².